The molecule has 2 aliphatic rings. The van der Waals surface area contributed by atoms with Gasteiger partial charge in [-0.3, -0.25) is 0 Å². The molecular formula is C67H54BO19PS. The summed E-state index contributed by atoms with van der Waals surface area (Å²) in [6.45, 7) is -1.72. The van der Waals surface area contributed by atoms with Gasteiger partial charge in [0.05, 0.1) is 38.9 Å². The van der Waals surface area contributed by atoms with Crippen LogP contribution in [0.5, 0.6) is 0 Å². The van der Waals surface area contributed by atoms with Crippen LogP contribution < -0.4 is 4.89 Å². The molecule has 89 heavy (non-hydrogen) atoms. The molecule has 0 aliphatic carbocycles. The van der Waals surface area contributed by atoms with E-state index in [9.17, 15) is 33.6 Å². The van der Waals surface area contributed by atoms with Gasteiger partial charge in [0.2, 0.25) is 6.29 Å². The van der Waals surface area contributed by atoms with Crippen LogP contribution in [0.2, 0.25) is 0 Å². The van der Waals surface area contributed by atoms with Gasteiger partial charge >= 0.3 is 49.4 Å². The number of hydrogen-bond acceptors (Lipinski definition) is 20. The SMILES string of the molecule is [B][P+]([O-])(OC[C@H]1O[C@@H](Sc2ccccc2)[C@H](OC(=O)c2ccccc2)[C@@H](OC(=O)c2ccccc2)[C@@H]1OC(=O)c1ccccc1)O[C@H]1O[C@H](COC(=O)c2ccccc2)[C@@H](OC(=O)c2ccccc2)[C@H](OC(=O)c2ccccc2)[C@H]1OC(=O)c1ccccc1. The Morgan fingerprint density at radius 3 is 1.00 bits per heavy atom. The molecule has 8 aromatic carbocycles. The zero-order valence-electron chi connectivity index (χ0n) is 47.0. The van der Waals surface area contributed by atoms with E-state index in [1.54, 1.807) is 158 Å². The molecule has 450 valence electrons. The molecule has 1 unspecified atom stereocenters. The molecule has 10 rings (SSSR count). The van der Waals surface area contributed by atoms with Crippen LogP contribution in [0.4, 0.5) is 0 Å². The van der Waals surface area contributed by atoms with Crippen molar-refractivity contribution in [1.82, 2.24) is 0 Å². The number of carbonyl (C=O) groups excluding carboxylic acids is 7. The van der Waals surface area contributed by atoms with E-state index >= 15 is 4.89 Å². The highest BCUT2D eigenvalue weighted by Crippen LogP contribution is 2.52. The lowest BCUT2D eigenvalue weighted by molar-refractivity contribution is -0.298. The summed E-state index contributed by atoms with van der Waals surface area (Å²) in [6.07, 6.45) is -16.5. The number of thioether (sulfide) groups is 1. The molecule has 2 aliphatic heterocycles. The predicted octanol–water partition coefficient (Wildman–Crippen LogP) is 9.68. The molecule has 0 saturated carbocycles. The van der Waals surface area contributed by atoms with E-state index in [4.69, 9.17) is 59.2 Å². The van der Waals surface area contributed by atoms with Gasteiger partial charge in [-0.1, -0.05) is 157 Å². The Hall–Kier alpha value is -9.31. The molecule has 2 heterocycles. The van der Waals surface area contributed by atoms with Crippen LogP contribution in [-0.2, 0) is 51.7 Å². The van der Waals surface area contributed by atoms with Crippen molar-refractivity contribution in [2.24, 2.45) is 0 Å². The van der Waals surface area contributed by atoms with Gasteiger partial charge in [-0.15, -0.1) is 0 Å². The van der Waals surface area contributed by atoms with E-state index in [1.165, 1.54) is 84.9 Å². The summed E-state index contributed by atoms with van der Waals surface area (Å²) in [4.78, 5) is 115. The van der Waals surface area contributed by atoms with Gasteiger partial charge < -0.3 is 47.5 Å². The van der Waals surface area contributed by atoms with Gasteiger partial charge in [0.15, 0.2) is 44.4 Å². The number of hydrogen-bond donors (Lipinski definition) is 0. The highest BCUT2D eigenvalue weighted by molar-refractivity contribution is 7.99. The average molecular weight is 1240 g/mol. The van der Waals surface area contributed by atoms with Crippen LogP contribution in [0.25, 0.3) is 0 Å². The fourth-order valence-corrected chi connectivity index (χ4v) is 11.4. The minimum atomic E-state index is -5.28. The normalized spacial score (nSPS) is 21.9. The second-order valence-corrected chi connectivity index (χ2v) is 22.6. The second kappa shape index (κ2) is 30.1. The van der Waals surface area contributed by atoms with Crippen LogP contribution in [-0.4, -0.2) is 123 Å². The van der Waals surface area contributed by atoms with Crippen molar-refractivity contribution in [3.8, 4) is 0 Å². The van der Waals surface area contributed by atoms with Crippen molar-refractivity contribution in [2.75, 3.05) is 13.2 Å². The molecule has 2 fully saturated rings. The summed E-state index contributed by atoms with van der Waals surface area (Å²) in [5.41, 5.74) is -1.04. The lowest BCUT2D eigenvalue weighted by atomic mass is 9.97. The van der Waals surface area contributed by atoms with Gasteiger partial charge in [-0.05, 0) is 97.1 Å². The number of carbonyl (C=O) groups is 7. The van der Waals surface area contributed by atoms with E-state index in [2.05, 4.69) is 0 Å². The molecule has 0 amide bonds. The third kappa shape index (κ3) is 16.7. The Kier molecular flexibility index (Phi) is 21.2. The first-order chi connectivity index (χ1) is 43.3. The Morgan fingerprint density at radius 2 is 0.640 bits per heavy atom. The quantitative estimate of drug-likeness (QED) is 0.0265. The van der Waals surface area contributed by atoms with Gasteiger partial charge in [-0.25, -0.2) is 38.1 Å². The zero-order chi connectivity index (χ0) is 62.1. The predicted molar refractivity (Wildman–Crippen MR) is 320 cm³/mol. The molecule has 2 saturated heterocycles. The minimum absolute atomic E-state index is 0.0128. The highest BCUT2D eigenvalue weighted by atomic mass is 32.2. The summed E-state index contributed by atoms with van der Waals surface area (Å²) < 4.78 is 68.1. The number of rotatable bonds is 22. The van der Waals surface area contributed by atoms with E-state index in [0.717, 1.165) is 11.8 Å². The summed E-state index contributed by atoms with van der Waals surface area (Å²) >= 11 is 1.04. The molecule has 8 aromatic rings. The molecule has 0 spiro atoms. The molecule has 0 bridgehead atoms. The number of esters is 7. The molecule has 0 aromatic heterocycles. The van der Waals surface area contributed by atoms with E-state index in [1.807, 2.05) is 0 Å². The Balaban J connectivity index is 1.03. The molecule has 0 N–H and O–H groups in total. The third-order valence-corrected chi connectivity index (χ3v) is 15.9. The van der Waals surface area contributed by atoms with Crippen molar-refractivity contribution in [1.29, 1.82) is 0 Å². The number of benzene rings is 8. The highest BCUT2D eigenvalue weighted by Gasteiger charge is 2.58. The molecule has 19 nitrogen and oxygen atoms in total. The Bertz CT molecular complexity index is 3660. The van der Waals surface area contributed by atoms with Crippen molar-refractivity contribution in [3.05, 3.63) is 282 Å². The van der Waals surface area contributed by atoms with Crippen molar-refractivity contribution < 1.29 is 90.1 Å². The molecule has 22 heteroatoms. The summed E-state index contributed by atoms with van der Waals surface area (Å²) in [7, 11) is 1.30. The van der Waals surface area contributed by atoms with E-state index < -0.39 is 123 Å². The van der Waals surface area contributed by atoms with Crippen molar-refractivity contribution >= 4 is 68.9 Å². The maximum atomic E-state index is 15.2. The van der Waals surface area contributed by atoms with Crippen LogP contribution in [0.15, 0.2) is 248 Å². The first-order valence-corrected chi connectivity index (χ1v) is 30.3. The van der Waals surface area contributed by atoms with Crippen LogP contribution >= 0.6 is 19.6 Å². The van der Waals surface area contributed by atoms with Crippen molar-refractivity contribution in [2.45, 2.75) is 65.5 Å². The van der Waals surface area contributed by atoms with Gasteiger partial charge in [0, 0.05) is 4.90 Å². The monoisotopic (exact) mass is 1240 g/mol. The van der Waals surface area contributed by atoms with Crippen molar-refractivity contribution in [3.63, 3.8) is 0 Å². The average Bonchev–Trinajstić information content (AvgIpc) is 2.20. The lowest BCUT2D eigenvalue weighted by Gasteiger charge is -2.46. The summed E-state index contributed by atoms with van der Waals surface area (Å²) in [5.74, 6) is -6.71. The third-order valence-electron chi connectivity index (χ3n) is 13.8. The number of ether oxygens (including phenoxy) is 9. The second-order valence-electron chi connectivity index (χ2n) is 19.8. The summed E-state index contributed by atoms with van der Waals surface area (Å²) in [5, 5.41) is 0. The molecular weight excluding hydrogens is 1180 g/mol. The Morgan fingerprint density at radius 1 is 0.360 bits per heavy atom. The smallest absolute Gasteiger partial charge is 0.437 e. The minimum Gasteiger partial charge on any atom is -0.647 e. The largest absolute Gasteiger partial charge is 0.647 e. The fraction of sp³-hybridized carbons (Fsp3) is 0.179. The van der Waals surface area contributed by atoms with Gasteiger partial charge in [-0.2, -0.15) is 4.52 Å². The van der Waals surface area contributed by atoms with Crippen LogP contribution in [0.1, 0.15) is 72.5 Å². The summed E-state index contributed by atoms with van der Waals surface area (Å²) in [6, 6.07) is 62.9. The molecule has 11 atom stereocenters. The zero-order valence-corrected chi connectivity index (χ0v) is 48.7. The maximum absolute atomic E-state index is 15.2. The van der Waals surface area contributed by atoms with E-state index in [0.29, 0.717) is 4.90 Å². The lowest BCUT2D eigenvalue weighted by Crippen LogP contribution is -2.63. The molecule has 2 radical (unpaired) electrons. The van der Waals surface area contributed by atoms with E-state index in [-0.39, 0.29) is 38.9 Å². The van der Waals surface area contributed by atoms with Gasteiger partial charge in [0.1, 0.15) is 30.9 Å². The standard InChI is InChI=1S/C67H54BO19PS/c68-88(76,78-42-52-54(82-61(71)45-29-13-3-14-30-45)56(84-63(73)47-33-17-5-18-34-47)58(86-65(75)49-37-21-7-22-38-49)67(80-52)89-50-39-23-8-24-40-50)87-66-57(85-64(74)48-35-19-6-20-36-48)55(83-62(72)46-31-15-4-16-32-46)53(81-60(70)44-27-11-2-12-28-44)51(79-66)41-77-59(69)43-25-9-1-10-26-43/h1-40,51-58,66-67H,41-42H2/t51-,52-,53-,54-,55+,56+,57-,58-,66-,67+,88?/m1/s1. The maximum Gasteiger partial charge on any atom is 0.437 e. The first kappa shape index (κ1) is 62.7. The Labute approximate surface area is 517 Å². The van der Waals surface area contributed by atoms with Crippen LogP contribution in [0.3, 0.4) is 0 Å². The fourth-order valence-electron chi connectivity index (χ4n) is 9.40. The van der Waals surface area contributed by atoms with Gasteiger partial charge in [0.25, 0.3) is 0 Å². The topological polar surface area (TPSA) is 244 Å². The van der Waals surface area contributed by atoms with Crippen LogP contribution in [0, 0.1) is 0 Å². The first-order valence-electron chi connectivity index (χ1n) is 27.8.